The van der Waals surface area contributed by atoms with E-state index in [1.807, 2.05) is 44.2 Å². The van der Waals surface area contributed by atoms with E-state index in [0.29, 0.717) is 42.0 Å². The molecule has 1 fully saturated rings. The van der Waals surface area contributed by atoms with Crippen LogP contribution in [0, 0.1) is 11.3 Å². The third-order valence-corrected chi connectivity index (χ3v) is 6.06. The van der Waals surface area contributed by atoms with Gasteiger partial charge in [0.25, 0.3) is 0 Å². The van der Waals surface area contributed by atoms with Crippen LogP contribution in [0.5, 0.6) is 23.1 Å². The molecule has 0 bridgehead atoms. The molecule has 1 atom stereocenters. The number of carbonyl (C=O) groups excluding carboxylic acids is 1. The van der Waals surface area contributed by atoms with Gasteiger partial charge >= 0.3 is 0 Å². The molecule has 1 aromatic carbocycles. The van der Waals surface area contributed by atoms with Crippen molar-refractivity contribution in [3.8, 4) is 34.4 Å². The van der Waals surface area contributed by atoms with Crippen molar-refractivity contribution in [3.63, 3.8) is 0 Å². The van der Waals surface area contributed by atoms with Crippen molar-refractivity contribution in [2.45, 2.75) is 13.8 Å². The minimum absolute atomic E-state index is 0.0355. The predicted molar refractivity (Wildman–Crippen MR) is 120 cm³/mol. The summed E-state index contributed by atoms with van der Waals surface area (Å²) in [5.74, 6) is 2.11. The molecule has 0 unspecified atom stereocenters. The summed E-state index contributed by atoms with van der Waals surface area (Å²) >= 11 is 0. The van der Waals surface area contributed by atoms with Gasteiger partial charge in [-0.05, 0) is 30.3 Å². The van der Waals surface area contributed by atoms with E-state index in [2.05, 4.69) is 10.3 Å². The van der Waals surface area contributed by atoms with Crippen molar-refractivity contribution < 1.29 is 23.7 Å². The summed E-state index contributed by atoms with van der Waals surface area (Å²) in [6, 6.07) is 9.34. The first-order chi connectivity index (χ1) is 15.4. The van der Waals surface area contributed by atoms with Crippen molar-refractivity contribution in [1.29, 1.82) is 0 Å². The number of fused-ring (bicyclic) bond motifs is 1. The van der Waals surface area contributed by atoms with Crippen LogP contribution in [0.25, 0.3) is 22.2 Å². The first kappa shape index (κ1) is 21.7. The molecule has 1 amide bonds. The average molecular weight is 437 g/mol. The highest BCUT2D eigenvalue weighted by Gasteiger charge is 2.42. The summed E-state index contributed by atoms with van der Waals surface area (Å²) in [6.45, 7) is 4.81. The number of nitrogens with one attached hydrogen (secondary N) is 1. The second-order valence-electron chi connectivity index (χ2n) is 8.24. The van der Waals surface area contributed by atoms with E-state index in [1.165, 1.54) is 0 Å². The summed E-state index contributed by atoms with van der Waals surface area (Å²) < 4.78 is 22.6. The molecule has 0 spiro atoms. The largest absolute Gasteiger partial charge is 0.493 e. The third-order valence-electron chi connectivity index (χ3n) is 6.06. The lowest BCUT2D eigenvalue weighted by atomic mass is 9.82. The Morgan fingerprint density at radius 1 is 1.09 bits per heavy atom. The molecule has 1 saturated heterocycles. The number of hydrogen-bond acceptors (Lipinski definition) is 7. The molecule has 8 heteroatoms. The van der Waals surface area contributed by atoms with Gasteiger partial charge in [0, 0.05) is 24.2 Å². The van der Waals surface area contributed by atoms with E-state index in [4.69, 9.17) is 23.9 Å². The number of ether oxygens (including phenoxy) is 4. The molecule has 3 aromatic rings. The highest BCUT2D eigenvalue weighted by molar-refractivity contribution is 5.87. The second kappa shape index (κ2) is 8.53. The van der Waals surface area contributed by atoms with Gasteiger partial charge in [0.05, 0.1) is 49.9 Å². The lowest BCUT2D eigenvalue weighted by Crippen LogP contribution is -2.31. The molecule has 2 aromatic heterocycles. The van der Waals surface area contributed by atoms with E-state index in [0.717, 1.165) is 16.5 Å². The minimum atomic E-state index is -0.498. The standard InChI is InChI=1S/C24H27N3O5/c1-24(2)15(12-26-23(24)28)13-32-22-16-7-6-8-25-18(16)11-17(27-22)14-9-19(29-3)21(31-5)20(10-14)30-4/h6-11,15H,12-13H2,1-5H3,(H,26,28)/t15-/m1/s1. The minimum Gasteiger partial charge on any atom is -0.493 e. The average Bonchev–Trinajstić information content (AvgIpc) is 3.07. The van der Waals surface area contributed by atoms with Crippen LogP contribution in [-0.2, 0) is 4.79 Å². The first-order valence-electron chi connectivity index (χ1n) is 10.4. The van der Waals surface area contributed by atoms with Crippen molar-refractivity contribution in [3.05, 3.63) is 36.5 Å². The smallest absolute Gasteiger partial charge is 0.226 e. The zero-order valence-corrected chi connectivity index (χ0v) is 18.9. The summed E-state index contributed by atoms with van der Waals surface area (Å²) in [4.78, 5) is 21.4. The van der Waals surface area contributed by atoms with Crippen LogP contribution >= 0.6 is 0 Å². The summed E-state index contributed by atoms with van der Waals surface area (Å²) in [5.41, 5.74) is 1.68. The van der Waals surface area contributed by atoms with Crippen LogP contribution in [0.3, 0.4) is 0 Å². The maximum atomic E-state index is 12.1. The van der Waals surface area contributed by atoms with Gasteiger partial charge in [-0.1, -0.05) is 13.8 Å². The van der Waals surface area contributed by atoms with Gasteiger partial charge in [0.1, 0.15) is 0 Å². The van der Waals surface area contributed by atoms with Gasteiger partial charge in [-0.2, -0.15) is 0 Å². The van der Waals surface area contributed by atoms with Gasteiger partial charge < -0.3 is 24.3 Å². The van der Waals surface area contributed by atoms with Gasteiger partial charge in [0.15, 0.2) is 11.5 Å². The highest BCUT2D eigenvalue weighted by atomic mass is 16.5. The van der Waals surface area contributed by atoms with Crippen molar-refractivity contribution in [2.75, 3.05) is 34.5 Å². The third kappa shape index (κ3) is 3.77. The predicted octanol–water partition coefficient (Wildman–Crippen LogP) is 3.47. The summed E-state index contributed by atoms with van der Waals surface area (Å²) in [6.07, 6.45) is 1.73. The van der Waals surface area contributed by atoms with Crippen LogP contribution in [0.4, 0.5) is 0 Å². The maximum absolute atomic E-state index is 12.1. The quantitative estimate of drug-likeness (QED) is 0.605. The SMILES string of the molecule is COc1cc(-c2cc3ncccc3c(OC[C@H]3CNC(=O)C3(C)C)n2)cc(OC)c1OC. The Balaban J connectivity index is 1.75. The normalized spacial score (nSPS) is 17.2. The zero-order valence-electron chi connectivity index (χ0n) is 18.9. The lowest BCUT2D eigenvalue weighted by Gasteiger charge is -2.23. The van der Waals surface area contributed by atoms with E-state index >= 15 is 0 Å². The Morgan fingerprint density at radius 2 is 1.81 bits per heavy atom. The number of benzene rings is 1. The fraction of sp³-hybridized carbons (Fsp3) is 0.375. The molecule has 3 heterocycles. The molecule has 1 aliphatic heterocycles. The Morgan fingerprint density at radius 3 is 2.41 bits per heavy atom. The molecule has 0 aliphatic carbocycles. The number of nitrogens with zero attached hydrogens (tertiary/aromatic N) is 2. The van der Waals surface area contributed by atoms with Gasteiger partial charge in [-0.25, -0.2) is 4.98 Å². The molecule has 1 aliphatic rings. The van der Waals surface area contributed by atoms with Crippen LogP contribution in [0.2, 0.25) is 0 Å². The van der Waals surface area contributed by atoms with E-state index in [-0.39, 0.29) is 11.8 Å². The molecule has 0 saturated carbocycles. The van der Waals surface area contributed by atoms with E-state index in [1.54, 1.807) is 27.5 Å². The van der Waals surface area contributed by atoms with Crippen LogP contribution < -0.4 is 24.3 Å². The van der Waals surface area contributed by atoms with Gasteiger partial charge in [0.2, 0.25) is 17.5 Å². The number of carbonyl (C=O) groups is 1. The molecule has 4 rings (SSSR count). The highest BCUT2D eigenvalue weighted by Crippen LogP contribution is 2.42. The van der Waals surface area contributed by atoms with Crippen molar-refractivity contribution in [2.24, 2.45) is 11.3 Å². The Labute approximate surface area is 186 Å². The van der Waals surface area contributed by atoms with Gasteiger partial charge in [-0.15, -0.1) is 0 Å². The van der Waals surface area contributed by atoms with Crippen molar-refractivity contribution >= 4 is 16.8 Å². The Bertz CT molecular complexity index is 1140. The number of hydrogen-bond donors (Lipinski definition) is 1. The molecule has 168 valence electrons. The topological polar surface area (TPSA) is 91.8 Å². The summed E-state index contributed by atoms with van der Waals surface area (Å²) in [7, 11) is 4.71. The molecule has 1 N–H and O–H groups in total. The number of methoxy groups -OCH3 is 3. The Kier molecular flexibility index (Phi) is 5.78. The monoisotopic (exact) mass is 437 g/mol. The van der Waals surface area contributed by atoms with Gasteiger partial charge in [-0.3, -0.25) is 9.78 Å². The lowest BCUT2D eigenvalue weighted by molar-refractivity contribution is -0.127. The van der Waals surface area contributed by atoms with Crippen LogP contribution in [0.1, 0.15) is 13.8 Å². The molecular weight excluding hydrogens is 410 g/mol. The number of pyridine rings is 2. The fourth-order valence-corrected chi connectivity index (χ4v) is 3.86. The van der Waals surface area contributed by atoms with Crippen LogP contribution in [-0.4, -0.2) is 50.4 Å². The van der Waals surface area contributed by atoms with E-state index in [9.17, 15) is 4.79 Å². The molecular formula is C24H27N3O5. The number of rotatable bonds is 7. The zero-order chi connectivity index (χ0) is 22.9. The molecule has 32 heavy (non-hydrogen) atoms. The number of amides is 1. The first-order valence-corrected chi connectivity index (χ1v) is 10.4. The molecule has 8 nitrogen and oxygen atoms in total. The molecule has 0 radical (unpaired) electrons. The maximum Gasteiger partial charge on any atom is 0.226 e. The van der Waals surface area contributed by atoms with Crippen molar-refractivity contribution in [1.82, 2.24) is 15.3 Å². The Hall–Kier alpha value is -3.55. The second-order valence-corrected chi connectivity index (χ2v) is 8.24. The number of aromatic nitrogens is 2. The van der Waals surface area contributed by atoms with E-state index < -0.39 is 5.41 Å². The summed E-state index contributed by atoms with van der Waals surface area (Å²) in [5, 5.41) is 3.72. The fourth-order valence-electron chi connectivity index (χ4n) is 3.86. The van der Waals surface area contributed by atoms with Crippen LogP contribution in [0.15, 0.2) is 36.5 Å².